The lowest BCUT2D eigenvalue weighted by Crippen LogP contribution is -1.86. The molecule has 0 amide bonds. The Morgan fingerprint density at radius 3 is 2.32 bits per heavy atom. The molecule has 0 saturated carbocycles. The predicted molar refractivity (Wildman–Crippen MR) is 74.4 cm³/mol. The molecule has 0 bridgehead atoms. The molecule has 4 rings (SSSR count). The molecule has 0 aliphatic heterocycles. The third-order valence-corrected chi connectivity index (χ3v) is 3.52. The molecule has 0 saturated heterocycles. The first-order valence-corrected chi connectivity index (χ1v) is 6.32. The van der Waals surface area contributed by atoms with E-state index in [2.05, 4.69) is 24.3 Å². The number of rotatable bonds is 2. The highest BCUT2D eigenvalue weighted by atomic mass is 16.3. The molecule has 92 valence electrons. The van der Waals surface area contributed by atoms with Crippen LogP contribution in [0.4, 0.5) is 0 Å². The number of allylic oxidation sites excluding steroid dienone is 1. The van der Waals surface area contributed by atoms with Crippen LogP contribution < -0.4 is 0 Å². The first kappa shape index (κ1) is 10.4. The largest absolute Gasteiger partial charge is 0.465 e. The summed E-state index contributed by atoms with van der Waals surface area (Å²) in [7, 11) is 0. The van der Waals surface area contributed by atoms with Crippen molar-refractivity contribution in [2.75, 3.05) is 0 Å². The molecule has 1 aliphatic carbocycles. The summed E-state index contributed by atoms with van der Waals surface area (Å²) in [5.74, 6) is 1.86. The first-order chi connectivity index (χ1) is 9.42. The Hall–Kier alpha value is -2.48. The van der Waals surface area contributed by atoms with Crippen LogP contribution in [0.2, 0.25) is 0 Å². The Balaban J connectivity index is 1.85. The molecular weight excluding hydrogens is 236 g/mol. The van der Waals surface area contributed by atoms with Crippen molar-refractivity contribution in [3.05, 3.63) is 71.9 Å². The molecule has 0 unspecified atom stereocenters. The molecule has 2 aromatic heterocycles. The van der Waals surface area contributed by atoms with Gasteiger partial charge in [-0.25, -0.2) is 0 Å². The Morgan fingerprint density at radius 1 is 0.789 bits per heavy atom. The number of benzene rings is 1. The Kier molecular flexibility index (Phi) is 2.21. The molecule has 0 N–H and O–H groups in total. The van der Waals surface area contributed by atoms with E-state index in [1.165, 1.54) is 16.7 Å². The van der Waals surface area contributed by atoms with E-state index < -0.39 is 0 Å². The second-order valence-electron chi connectivity index (χ2n) is 4.68. The van der Waals surface area contributed by atoms with E-state index in [1.807, 2.05) is 24.3 Å². The fraction of sp³-hybridized carbons (Fsp3) is 0.0588. The molecule has 1 aliphatic rings. The minimum atomic E-state index is 0.911. The van der Waals surface area contributed by atoms with Gasteiger partial charge in [0.05, 0.1) is 12.5 Å². The minimum Gasteiger partial charge on any atom is -0.465 e. The smallest absolute Gasteiger partial charge is 0.134 e. The van der Waals surface area contributed by atoms with Crippen LogP contribution in [0, 0.1) is 0 Å². The molecule has 2 nitrogen and oxygen atoms in total. The molecule has 2 heterocycles. The lowest BCUT2D eigenvalue weighted by atomic mass is 10.0. The van der Waals surface area contributed by atoms with Gasteiger partial charge in [0, 0.05) is 12.0 Å². The molecule has 3 aromatic rings. The summed E-state index contributed by atoms with van der Waals surface area (Å²) in [5, 5.41) is 0. The van der Waals surface area contributed by atoms with E-state index in [-0.39, 0.29) is 0 Å². The van der Waals surface area contributed by atoms with Gasteiger partial charge < -0.3 is 8.83 Å². The van der Waals surface area contributed by atoms with Crippen molar-refractivity contribution >= 4 is 11.6 Å². The molecule has 0 spiro atoms. The van der Waals surface area contributed by atoms with Gasteiger partial charge in [-0.1, -0.05) is 18.2 Å². The second kappa shape index (κ2) is 4.02. The zero-order valence-electron chi connectivity index (χ0n) is 10.3. The van der Waals surface area contributed by atoms with Crippen LogP contribution in [0.15, 0.2) is 63.8 Å². The summed E-state index contributed by atoms with van der Waals surface area (Å²) >= 11 is 0. The van der Waals surface area contributed by atoms with Crippen molar-refractivity contribution in [1.29, 1.82) is 0 Å². The average molecular weight is 248 g/mol. The lowest BCUT2D eigenvalue weighted by molar-refractivity contribution is 0.552. The van der Waals surface area contributed by atoms with Crippen molar-refractivity contribution < 1.29 is 8.83 Å². The lowest BCUT2D eigenvalue weighted by Gasteiger charge is -2.04. The maximum atomic E-state index is 5.52. The van der Waals surface area contributed by atoms with Gasteiger partial charge in [0.25, 0.3) is 0 Å². The van der Waals surface area contributed by atoms with Gasteiger partial charge >= 0.3 is 0 Å². The second-order valence-corrected chi connectivity index (χ2v) is 4.68. The van der Waals surface area contributed by atoms with Gasteiger partial charge in [-0.15, -0.1) is 0 Å². The first-order valence-electron chi connectivity index (χ1n) is 6.32. The van der Waals surface area contributed by atoms with E-state index in [4.69, 9.17) is 8.83 Å². The zero-order chi connectivity index (χ0) is 12.7. The Bertz CT molecular complexity index is 732. The molecule has 1 aromatic carbocycles. The van der Waals surface area contributed by atoms with Crippen molar-refractivity contribution in [3.63, 3.8) is 0 Å². The summed E-state index contributed by atoms with van der Waals surface area (Å²) in [5.41, 5.74) is 4.92. The van der Waals surface area contributed by atoms with E-state index in [0.717, 1.165) is 23.5 Å². The van der Waals surface area contributed by atoms with Crippen LogP contribution in [-0.2, 0) is 6.42 Å². The normalized spacial score (nSPS) is 13.4. The highest BCUT2D eigenvalue weighted by Crippen LogP contribution is 2.37. The highest BCUT2D eigenvalue weighted by molar-refractivity contribution is 5.92. The summed E-state index contributed by atoms with van der Waals surface area (Å²) in [6.45, 7) is 0. The summed E-state index contributed by atoms with van der Waals surface area (Å²) in [6.07, 6.45) is 6.54. The number of fused-ring (bicyclic) bond motifs is 1. The molecular formula is C17H12O2. The predicted octanol–water partition coefficient (Wildman–Crippen LogP) is 4.64. The van der Waals surface area contributed by atoms with E-state index >= 15 is 0 Å². The van der Waals surface area contributed by atoms with Crippen molar-refractivity contribution in [2.24, 2.45) is 0 Å². The summed E-state index contributed by atoms with van der Waals surface area (Å²) in [6, 6.07) is 14.2. The average Bonchev–Trinajstić information content (AvgIpc) is 3.18. The zero-order valence-corrected chi connectivity index (χ0v) is 10.3. The number of hydrogen-bond donors (Lipinski definition) is 0. The van der Waals surface area contributed by atoms with Crippen LogP contribution in [-0.4, -0.2) is 0 Å². The van der Waals surface area contributed by atoms with Gasteiger partial charge in [-0.3, -0.25) is 0 Å². The van der Waals surface area contributed by atoms with E-state index in [9.17, 15) is 0 Å². The van der Waals surface area contributed by atoms with Crippen molar-refractivity contribution in [3.8, 4) is 11.3 Å². The van der Waals surface area contributed by atoms with Crippen LogP contribution in [0.25, 0.3) is 23.0 Å². The van der Waals surface area contributed by atoms with Gasteiger partial charge in [0.15, 0.2) is 0 Å². The third kappa shape index (κ3) is 1.65. The standard InChI is InChI=1S/C17H12O2/c1-4-12-10-13(16-6-2-8-18-16)11-15(12)14(5-1)17-7-3-9-19-17/h1-9,11H,10H2. The minimum absolute atomic E-state index is 0.911. The molecule has 0 fully saturated rings. The molecule has 0 atom stereocenters. The summed E-state index contributed by atoms with van der Waals surface area (Å²) < 4.78 is 11.0. The molecule has 0 radical (unpaired) electrons. The van der Waals surface area contributed by atoms with Crippen molar-refractivity contribution in [1.82, 2.24) is 0 Å². The fourth-order valence-electron chi connectivity index (χ4n) is 2.63. The SMILES string of the molecule is C1=C(c2ccco2)Cc2cccc(-c3ccco3)c21. The van der Waals surface area contributed by atoms with E-state index in [1.54, 1.807) is 12.5 Å². The third-order valence-electron chi connectivity index (χ3n) is 3.52. The van der Waals surface area contributed by atoms with Gasteiger partial charge in [-0.2, -0.15) is 0 Å². The van der Waals surface area contributed by atoms with Crippen LogP contribution in [0.1, 0.15) is 16.9 Å². The van der Waals surface area contributed by atoms with E-state index in [0.29, 0.717) is 0 Å². The maximum absolute atomic E-state index is 5.52. The quantitative estimate of drug-likeness (QED) is 0.660. The Morgan fingerprint density at radius 2 is 1.58 bits per heavy atom. The topological polar surface area (TPSA) is 26.3 Å². The Labute approximate surface area is 111 Å². The maximum Gasteiger partial charge on any atom is 0.134 e. The number of furan rings is 2. The fourth-order valence-corrected chi connectivity index (χ4v) is 2.63. The van der Waals surface area contributed by atoms with Gasteiger partial charge in [0.1, 0.15) is 11.5 Å². The van der Waals surface area contributed by atoms with Crippen LogP contribution in [0.3, 0.4) is 0 Å². The van der Waals surface area contributed by atoms with Gasteiger partial charge in [0.2, 0.25) is 0 Å². The van der Waals surface area contributed by atoms with Crippen molar-refractivity contribution in [2.45, 2.75) is 6.42 Å². The van der Waals surface area contributed by atoms with Gasteiger partial charge in [-0.05, 0) is 47.0 Å². The highest BCUT2D eigenvalue weighted by Gasteiger charge is 2.19. The molecule has 19 heavy (non-hydrogen) atoms. The van der Waals surface area contributed by atoms with Crippen LogP contribution in [0.5, 0.6) is 0 Å². The summed E-state index contributed by atoms with van der Waals surface area (Å²) in [4.78, 5) is 0. The molecule has 2 heteroatoms. The monoisotopic (exact) mass is 248 g/mol. The van der Waals surface area contributed by atoms with Crippen LogP contribution >= 0.6 is 0 Å². The number of hydrogen-bond acceptors (Lipinski definition) is 2.